The van der Waals surface area contributed by atoms with E-state index < -0.39 is 8.32 Å². The lowest BCUT2D eigenvalue weighted by Gasteiger charge is -2.44. The van der Waals surface area contributed by atoms with Gasteiger partial charge in [-0.3, -0.25) is 0 Å². The number of aromatic nitrogens is 1. The number of aliphatic hydroxyl groups excluding tert-OH is 1. The summed E-state index contributed by atoms with van der Waals surface area (Å²) < 4.78 is 30.8. The van der Waals surface area contributed by atoms with Crippen molar-refractivity contribution in [3.63, 3.8) is 0 Å². The molecule has 0 saturated carbocycles. The van der Waals surface area contributed by atoms with Crippen LogP contribution >= 0.6 is 21.6 Å². The average Bonchev–Trinajstić information content (AvgIpc) is 3.21. The van der Waals surface area contributed by atoms with Gasteiger partial charge in [0, 0.05) is 19.4 Å². The summed E-state index contributed by atoms with van der Waals surface area (Å²) in [4.78, 5) is 4.43. The molecular weight excluding hydrogens is 500 g/mol. The van der Waals surface area contributed by atoms with Gasteiger partial charge in [0.15, 0.2) is 8.32 Å². The largest absolute Gasteiger partial charge is 0.446 e. The summed E-state index contributed by atoms with van der Waals surface area (Å²) in [7, 11) is 0.570. The highest BCUT2D eigenvalue weighted by Gasteiger charge is 2.43. The Balaban J connectivity index is 1.69. The number of ether oxygens (including phenoxy) is 2. The van der Waals surface area contributed by atoms with E-state index in [1.54, 1.807) is 6.26 Å². The Morgan fingerprint density at radius 1 is 1.23 bits per heavy atom. The van der Waals surface area contributed by atoms with Crippen LogP contribution in [0.15, 0.2) is 22.8 Å². The molecule has 1 N–H and O–H groups in total. The number of nitrogens with zero attached hydrogens (tertiary/aromatic N) is 1. The van der Waals surface area contributed by atoms with Gasteiger partial charge in [0.1, 0.15) is 24.7 Å². The van der Waals surface area contributed by atoms with E-state index in [-0.39, 0.29) is 48.1 Å². The van der Waals surface area contributed by atoms with E-state index >= 15 is 0 Å². The summed E-state index contributed by atoms with van der Waals surface area (Å²) in [6.45, 7) is 16.0. The molecule has 1 unspecified atom stereocenters. The SMILES string of the molecule is C=C1C[C@H](C[C@@H]2C[C@@H](O[Si](C)(C)C(C)(C)C)C[C@H](c3coc(CO)n3)O2)O[C@@H](CCOB(P)S)C1. The second-order valence-electron chi connectivity index (χ2n) is 11.4. The molecule has 7 nitrogen and oxygen atoms in total. The summed E-state index contributed by atoms with van der Waals surface area (Å²) >= 11 is 4.25. The summed E-state index contributed by atoms with van der Waals surface area (Å²) in [6, 6.07) is 0. The summed E-state index contributed by atoms with van der Waals surface area (Å²) in [5, 5.41) is 9.52. The zero-order chi connectivity index (χ0) is 25.8. The van der Waals surface area contributed by atoms with Gasteiger partial charge < -0.3 is 28.1 Å². The van der Waals surface area contributed by atoms with Gasteiger partial charge in [-0.15, -0.1) is 9.12 Å². The highest BCUT2D eigenvalue weighted by Crippen LogP contribution is 2.42. The van der Waals surface area contributed by atoms with Crippen molar-refractivity contribution in [1.29, 1.82) is 0 Å². The van der Waals surface area contributed by atoms with E-state index in [2.05, 4.69) is 67.0 Å². The molecule has 6 atom stereocenters. The molecule has 0 radical (unpaired) electrons. The number of hydrogen-bond acceptors (Lipinski definition) is 8. The van der Waals surface area contributed by atoms with Gasteiger partial charge in [-0.05, 0) is 43.8 Å². The molecule has 198 valence electrons. The zero-order valence-corrected chi connectivity index (χ0v) is 24.9. The fourth-order valence-electron chi connectivity index (χ4n) is 4.57. The third-order valence-corrected chi connectivity index (χ3v) is 12.2. The van der Waals surface area contributed by atoms with Crippen LogP contribution in [-0.2, 0) is 25.2 Å². The first kappa shape index (κ1) is 29.4. The van der Waals surface area contributed by atoms with E-state index in [1.165, 1.54) is 5.57 Å². The fraction of sp³-hybridized carbons (Fsp3) is 0.792. The second-order valence-corrected chi connectivity index (χ2v) is 17.8. The minimum atomic E-state index is -1.96. The van der Waals surface area contributed by atoms with Crippen molar-refractivity contribution in [3.8, 4) is 0 Å². The van der Waals surface area contributed by atoms with Crippen molar-refractivity contribution < 1.29 is 28.1 Å². The van der Waals surface area contributed by atoms with Crippen molar-refractivity contribution in [2.24, 2.45) is 0 Å². The molecule has 0 spiro atoms. The van der Waals surface area contributed by atoms with Gasteiger partial charge in [-0.1, -0.05) is 32.9 Å². The Morgan fingerprint density at radius 2 is 1.94 bits per heavy atom. The maximum absolute atomic E-state index is 9.40. The first-order valence-electron chi connectivity index (χ1n) is 12.6. The van der Waals surface area contributed by atoms with Gasteiger partial charge in [-0.2, -0.15) is 12.5 Å². The molecule has 3 heterocycles. The third-order valence-electron chi connectivity index (χ3n) is 7.33. The van der Waals surface area contributed by atoms with E-state index in [9.17, 15) is 5.11 Å². The summed E-state index contributed by atoms with van der Waals surface area (Å²) in [6.07, 6.45) is 6.37. The molecule has 2 fully saturated rings. The van der Waals surface area contributed by atoms with Crippen LogP contribution in [0.4, 0.5) is 0 Å². The Labute approximate surface area is 219 Å². The molecule has 0 bridgehead atoms. The second kappa shape index (κ2) is 12.6. The van der Waals surface area contributed by atoms with Gasteiger partial charge in [0.05, 0.1) is 24.4 Å². The summed E-state index contributed by atoms with van der Waals surface area (Å²) in [5.74, 6) is 0.143. The van der Waals surface area contributed by atoms with Crippen LogP contribution in [-0.4, -0.2) is 55.3 Å². The van der Waals surface area contributed by atoms with E-state index in [1.807, 2.05) is 0 Å². The maximum Gasteiger partial charge on any atom is 0.380 e. The van der Waals surface area contributed by atoms with Gasteiger partial charge in [0.2, 0.25) is 5.89 Å². The molecule has 0 aliphatic carbocycles. The number of thiol groups is 1. The standard InChI is InChI=1S/C24H43BNO6PSSi/c1-16-9-17(7-8-29-25(33)34)30-18(10-16)11-19-12-20(32-35(5,6)24(2,3)4)13-22(31-19)21-15-28-23(14-27)26-21/h15,17-20,22,27,34H,1,7-14,33H2,2-6H3/t17-,18+,19+,20+,22+/m0/s1. The van der Waals surface area contributed by atoms with Crippen LogP contribution in [0.3, 0.4) is 0 Å². The number of hydrogen-bond donors (Lipinski definition) is 2. The van der Waals surface area contributed by atoms with Crippen molar-refractivity contribution in [3.05, 3.63) is 30.0 Å². The van der Waals surface area contributed by atoms with Crippen LogP contribution in [0.1, 0.15) is 77.0 Å². The van der Waals surface area contributed by atoms with Gasteiger partial charge in [-0.25, -0.2) is 4.98 Å². The smallest absolute Gasteiger partial charge is 0.380 e. The molecule has 2 aliphatic heterocycles. The molecule has 0 amide bonds. The molecule has 2 saturated heterocycles. The molecule has 3 rings (SSSR count). The Bertz CT molecular complexity index is 835. The van der Waals surface area contributed by atoms with Crippen molar-refractivity contribution >= 4 is 35.8 Å². The van der Waals surface area contributed by atoms with Crippen LogP contribution in [0.5, 0.6) is 0 Å². The predicted molar refractivity (Wildman–Crippen MR) is 148 cm³/mol. The molecule has 1 aromatic heterocycles. The topological polar surface area (TPSA) is 83.2 Å². The monoisotopic (exact) mass is 543 g/mol. The molecule has 11 heteroatoms. The molecular formula is C24H43BNO6PSSi. The summed E-state index contributed by atoms with van der Waals surface area (Å²) in [5.41, 5.74) is 1.93. The minimum Gasteiger partial charge on any atom is -0.446 e. The lowest BCUT2D eigenvalue weighted by molar-refractivity contribution is -0.126. The molecule has 2 aliphatic rings. The maximum atomic E-state index is 9.40. The molecule has 35 heavy (non-hydrogen) atoms. The first-order valence-corrected chi connectivity index (χ1v) is 16.7. The van der Waals surface area contributed by atoms with Crippen molar-refractivity contribution in [2.75, 3.05) is 6.61 Å². The highest BCUT2D eigenvalue weighted by atomic mass is 32.1. The van der Waals surface area contributed by atoms with Crippen molar-refractivity contribution in [1.82, 2.24) is 4.98 Å². The third kappa shape index (κ3) is 8.67. The fourth-order valence-corrected chi connectivity index (χ4v) is 6.19. The highest BCUT2D eigenvalue weighted by molar-refractivity contribution is 8.23. The number of oxazole rings is 1. The van der Waals surface area contributed by atoms with Crippen LogP contribution in [0.2, 0.25) is 18.1 Å². The Hall–Kier alpha value is -0.188. The predicted octanol–water partition coefficient (Wildman–Crippen LogP) is 5.47. The van der Waals surface area contributed by atoms with Gasteiger partial charge >= 0.3 is 5.91 Å². The average molecular weight is 544 g/mol. The van der Waals surface area contributed by atoms with Crippen molar-refractivity contribution in [2.45, 2.75) is 115 Å². The lowest BCUT2D eigenvalue weighted by atomic mass is 9.91. The van der Waals surface area contributed by atoms with Crippen LogP contribution < -0.4 is 0 Å². The Kier molecular flexibility index (Phi) is 10.5. The van der Waals surface area contributed by atoms with Crippen LogP contribution in [0, 0.1) is 0 Å². The van der Waals surface area contributed by atoms with E-state index in [0.717, 1.165) is 38.5 Å². The lowest BCUT2D eigenvalue weighted by Crippen LogP contribution is -2.47. The molecule has 1 aromatic rings. The number of rotatable bonds is 10. The Morgan fingerprint density at radius 3 is 2.57 bits per heavy atom. The minimum absolute atomic E-state index is 0.0283. The number of aliphatic hydroxyl groups is 1. The zero-order valence-electron chi connectivity index (χ0n) is 21.9. The van der Waals surface area contributed by atoms with Gasteiger partial charge in [0.25, 0.3) is 0 Å². The molecule has 0 aromatic carbocycles. The first-order chi connectivity index (χ1) is 16.4. The van der Waals surface area contributed by atoms with E-state index in [0.29, 0.717) is 18.2 Å². The van der Waals surface area contributed by atoms with Crippen LogP contribution in [0.25, 0.3) is 0 Å². The quantitative estimate of drug-likeness (QED) is 0.175. The normalized spacial score (nSPS) is 28.3. The van der Waals surface area contributed by atoms with E-state index in [4.69, 9.17) is 23.0 Å².